The van der Waals surface area contributed by atoms with Gasteiger partial charge in [0.05, 0.1) is 5.54 Å². The van der Waals surface area contributed by atoms with Gasteiger partial charge in [0.1, 0.15) is 0 Å². The summed E-state index contributed by atoms with van der Waals surface area (Å²) in [4.78, 5) is 2.39. The molecule has 0 N–H and O–H groups in total. The Morgan fingerprint density at radius 2 is 2.08 bits per heavy atom. The van der Waals surface area contributed by atoms with Crippen molar-refractivity contribution in [3.8, 4) is 0 Å². The molecule has 0 amide bonds. The van der Waals surface area contributed by atoms with Gasteiger partial charge in [-0.1, -0.05) is 0 Å². The maximum absolute atomic E-state index is 5.25. The van der Waals surface area contributed by atoms with E-state index < -0.39 is 0 Å². The second-order valence-corrected chi connectivity index (χ2v) is 4.00. The molecule has 1 aromatic heterocycles. The minimum Gasteiger partial charge on any atom is -0.426 e. The summed E-state index contributed by atoms with van der Waals surface area (Å²) in [7, 11) is 0. The zero-order chi connectivity index (χ0) is 9.31. The lowest BCUT2D eigenvalue weighted by atomic mass is 10.0. The molecular weight excluding hydrogens is 166 g/mol. The molecule has 0 radical (unpaired) electrons. The van der Waals surface area contributed by atoms with Crippen LogP contribution in [-0.2, 0) is 5.54 Å². The van der Waals surface area contributed by atoms with Crippen molar-refractivity contribution < 1.29 is 4.42 Å². The largest absolute Gasteiger partial charge is 0.426 e. The lowest BCUT2D eigenvalue weighted by Crippen LogP contribution is -2.39. The number of likely N-dealkylation sites (tertiary alicyclic amines) is 1. The predicted molar refractivity (Wildman–Crippen MR) is 48.1 cm³/mol. The lowest BCUT2D eigenvalue weighted by molar-refractivity contribution is 0.121. The van der Waals surface area contributed by atoms with Crippen LogP contribution in [0.2, 0.25) is 0 Å². The summed E-state index contributed by atoms with van der Waals surface area (Å²) >= 11 is 0. The van der Waals surface area contributed by atoms with Gasteiger partial charge in [0, 0.05) is 0 Å². The summed E-state index contributed by atoms with van der Waals surface area (Å²) in [5, 5.41) is 7.69. The van der Waals surface area contributed by atoms with E-state index in [0.29, 0.717) is 0 Å². The Bertz CT molecular complexity index is 262. The van der Waals surface area contributed by atoms with Crippen molar-refractivity contribution in [2.24, 2.45) is 0 Å². The summed E-state index contributed by atoms with van der Waals surface area (Å²) in [5.41, 5.74) is -0.104. The molecule has 4 nitrogen and oxygen atoms in total. The molecule has 1 fully saturated rings. The van der Waals surface area contributed by atoms with Gasteiger partial charge in [0.25, 0.3) is 0 Å². The standard InChI is InChI=1S/C9H15N3O/c1-9(2,8-11-10-7-13-8)12-5-3-4-6-12/h7H,3-6H2,1-2H3. The summed E-state index contributed by atoms with van der Waals surface area (Å²) in [6, 6.07) is 0. The fourth-order valence-corrected chi connectivity index (χ4v) is 1.85. The Balaban J connectivity index is 2.19. The minimum absolute atomic E-state index is 0.104. The van der Waals surface area contributed by atoms with E-state index in [1.165, 1.54) is 19.2 Å². The van der Waals surface area contributed by atoms with Crippen molar-refractivity contribution in [1.82, 2.24) is 15.1 Å². The van der Waals surface area contributed by atoms with Gasteiger partial charge >= 0.3 is 0 Å². The first-order valence-corrected chi connectivity index (χ1v) is 4.73. The quantitative estimate of drug-likeness (QED) is 0.691. The molecule has 0 bridgehead atoms. The maximum Gasteiger partial charge on any atom is 0.235 e. The molecule has 0 aromatic carbocycles. The zero-order valence-electron chi connectivity index (χ0n) is 8.16. The smallest absolute Gasteiger partial charge is 0.235 e. The van der Waals surface area contributed by atoms with Crippen molar-refractivity contribution in [3.63, 3.8) is 0 Å². The van der Waals surface area contributed by atoms with Crippen LogP contribution in [0.15, 0.2) is 10.8 Å². The van der Waals surface area contributed by atoms with E-state index in [1.54, 1.807) is 0 Å². The molecule has 72 valence electrons. The van der Waals surface area contributed by atoms with Crippen LogP contribution >= 0.6 is 0 Å². The molecule has 0 spiro atoms. The van der Waals surface area contributed by atoms with Gasteiger partial charge in [-0.2, -0.15) is 0 Å². The SMILES string of the molecule is CC(C)(c1nnco1)N1CCCC1. The van der Waals surface area contributed by atoms with Gasteiger partial charge < -0.3 is 4.42 Å². The second-order valence-electron chi connectivity index (χ2n) is 4.00. The fraction of sp³-hybridized carbons (Fsp3) is 0.778. The van der Waals surface area contributed by atoms with Crippen LogP contribution in [0.25, 0.3) is 0 Å². The summed E-state index contributed by atoms with van der Waals surface area (Å²) < 4.78 is 5.25. The molecule has 0 unspecified atom stereocenters. The number of nitrogens with zero attached hydrogens (tertiary/aromatic N) is 3. The average Bonchev–Trinajstić information content (AvgIpc) is 2.78. The van der Waals surface area contributed by atoms with Crippen molar-refractivity contribution in [3.05, 3.63) is 12.3 Å². The van der Waals surface area contributed by atoms with Crippen molar-refractivity contribution in [1.29, 1.82) is 0 Å². The van der Waals surface area contributed by atoms with E-state index in [-0.39, 0.29) is 5.54 Å². The molecule has 4 heteroatoms. The van der Waals surface area contributed by atoms with Crippen LogP contribution in [0, 0.1) is 0 Å². The third-order valence-electron chi connectivity index (χ3n) is 2.78. The molecule has 2 heterocycles. The van der Waals surface area contributed by atoms with Crippen LogP contribution < -0.4 is 0 Å². The van der Waals surface area contributed by atoms with Gasteiger partial charge in [-0.05, 0) is 39.8 Å². The van der Waals surface area contributed by atoms with E-state index in [0.717, 1.165) is 19.0 Å². The average molecular weight is 181 g/mol. The van der Waals surface area contributed by atoms with Crippen LogP contribution in [-0.4, -0.2) is 28.2 Å². The Labute approximate surface area is 77.9 Å². The van der Waals surface area contributed by atoms with E-state index in [9.17, 15) is 0 Å². The van der Waals surface area contributed by atoms with Crippen molar-refractivity contribution in [2.75, 3.05) is 13.1 Å². The summed E-state index contributed by atoms with van der Waals surface area (Å²) in [6.07, 6.45) is 3.95. The van der Waals surface area contributed by atoms with Gasteiger partial charge in [-0.3, -0.25) is 4.90 Å². The van der Waals surface area contributed by atoms with Crippen molar-refractivity contribution >= 4 is 0 Å². The lowest BCUT2D eigenvalue weighted by Gasteiger charge is -2.31. The normalized spacial score (nSPS) is 19.5. The number of hydrogen-bond acceptors (Lipinski definition) is 4. The third-order valence-corrected chi connectivity index (χ3v) is 2.78. The molecule has 1 aromatic rings. The fourth-order valence-electron chi connectivity index (χ4n) is 1.85. The van der Waals surface area contributed by atoms with Crippen molar-refractivity contribution in [2.45, 2.75) is 32.2 Å². The molecule has 2 rings (SSSR count). The first kappa shape index (κ1) is 8.69. The van der Waals surface area contributed by atoms with E-state index >= 15 is 0 Å². The molecule has 0 saturated carbocycles. The van der Waals surface area contributed by atoms with Gasteiger partial charge in [-0.25, -0.2) is 0 Å². The Kier molecular flexibility index (Phi) is 2.07. The van der Waals surface area contributed by atoms with Gasteiger partial charge in [0.15, 0.2) is 0 Å². The first-order valence-electron chi connectivity index (χ1n) is 4.73. The monoisotopic (exact) mass is 181 g/mol. The predicted octanol–water partition coefficient (Wildman–Crippen LogP) is 1.40. The Hall–Kier alpha value is -0.900. The summed E-state index contributed by atoms with van der Waals surface area (Å²) in [5.74, 6) is 0.717. The summed E-state index contributed by atoms with van der Waals surface area (Å²) in [6.45, 7) is 6.53. The van der Waals surface area contributed by atoms with Crippen LogP contribution in [0.1, 0.15) is 32.6 Å². The topological polar surface area (TPSA) is 42.2 Å². The highest BCUT2D eigenvalue weighted by Crippen LogP contribution is 2.29. The van der Waals surface area contributed by atoms with Gasteiger partial charge in [-0.15, -0.1) is 10.2 Å². The van der Waals surface area contributed by atoms with Crippen LogP contribution in [0.4, 0.5) is 0 Å². The number of aromatic nitrogens is 2. The molecule has 1 aliphatic heterocycles. The molecular formula is C9H15N3O. The highest BCUT2D eigenvalue weighted by atomic mass is 16.4. The van der Waals surface area contributed by atoms with Crippen LogP contribution in [0.5, 0.6) is 0 Å². The highest BCUT2D eigenvalue weighted by molar-refractivity contribution is 4.97. The Morgan fingerprint density at radius 1 is 1.38 bits per heavy atom. The first-order chi connectivity index (χ1) is 6.21. The Morgan fingerprint density at radius 3 is 2.62 bits per heavy atom. The molecule has 0 atom stereocenters. The third kappa shape index (κ3) is 1.46. The van der Waals surface area contributed by atoms with E-state index in [4.69, 9.17) is 4.42 Å². The van der Waals surface area contributed by atoms with E-state index in [1.807, 2.05) is 0 Å². The molecule has 13 heavy (non-hydrogen) atoms. The number of rotatable bonds is 2. The van der Waals surface area contributed by atoms with Crippen LogP contribution in [0.3, 0.4) is 0 Å². The van der Waals surface area contributed by atoms with Gasteiger partial charge in [0.2, 0.25) is 12.3 Å². The minimum atomic E-state index is -0.104. The maximum atomic E-state index is 5.25. The highest BCUT2D eigenvalue weighted by Gasteiger charge is 2.34. The molecule has 0 aliphatic carbocycles. The zero-order valence-corrected chi connectivity index (χ0v) is 8.16. The molecule has 1 aliphatic rings. The van der Waals surface area contributed by atoms with E-state index in [2.05, 4.69) is 28.9 Å². The number of hydrogen-bond donors (Lipinski definition) is 0. The molecule has 1 saturated heterocycles. The second kappa shape index (κ2) is 3.10.